The summed E-state index contributed by atoms with van der Waals surface area (Å²) < 4.78 is 26.9. The molecule has 20 heavy (non-hydrogen) atoms. The van der Waals surface area contributed by atoms with E-state index >= 15 is 0 Å². The Labute approximate surface area is 117 Å². The van der Waals surface area contributed by atoms with Crippen molar-refractivity contribution in [3.05, 3.63) is 69.8 Å². The van der Waals surface area contributed by atoms with Crippen molar-refractivity contribution in [1.29, 1.82) is 0 Å². The third-order valence-corrected chi connectivity index (χ3v) is 3.19. The first-order valence-corrected chi connectivity index (χ1v) is 6.43. The van der Waals surface area contributed by atoms with E-state index in [0.29, 0.717) is 0 Å². The van der Waals surface area contributed by atoms with Crippen LogP contribution in [0.5, 0.6) is 0 Å². The van der Waals surface area contributed by atoms with Gasteiger partial charge in [-0.15, -0.1) is 0 Å². The van der Waals surface area contributed by atoms with E-state index in [-0.39, 0.29) is 23.3 Å². The molecule has 0 bridgehead atoms. The SMILES string of the molecule is Cc1cc(C)cc(CC(=O)c2cc(C)c(F)cc2F)c1. The van der Waals surface area contributed by atoms with Crippen LogP contribution in [0.3, 0.4) is 0 Å². The highest BCUT2D eigenvalue weighted by Gasteiger charge is 2.15. The molecule has 104 valence electrons. The van der Waals surface area contributed by atoms with Crippen molar-refractivity contribution in [2.24, 2.45) is 0 Å². The van der Waals surface area contributed by atoms with E-state index in [1.165, 1.54) is 13.0 Å². The maximum Gasteiger partial charge on any atom is 0.170 e. The van der Waals surface area contributed by atoms with Gasteiger partial charge >= 0.3 is 0 Å². The number of halogens is 2. The number of hydrogen-bond donors (Lipinski definition) is 0. The number of Topliss-reactive ketones (excluding diaryl/α,β-unsaturated/α-hetero) is 1. The summed E-state index contributed by atoms with van der Waals surface area (Å²) in [6.07, 6.45) is 0.116. The fraction of sp³-hybridized carbons (Fsp3) is 0.235. The summed E-state index contributed by atoms with van der Waals surface area (Å²) in [4.78, 5) is 12.2. The molecule has 0 aliphatic carbocycles. The van der Waals surface area contributed by atoms with Crippen molar-refractivity contribution in [2.75, 3.05) is 0 Å². The van der Waals surface area contributed by atoms with Gasteiger partial charge in [0.25, 0.3) is 0 Å². The Bertz CT molecular complexity index is 655. The molecule has 0 aromatic heterocycles. The summed E-state index contributed by atoms with van der Waals surface area (Å²) in [6, 6.07) is 7.86. The number of carbonyl (C=O) groups is 1. The van der Waals surface area contributed by atoms with E-state index in [1.807, 2.05) is 32.0 Å². The minimum absolute atomic E-state index is 0.0527. The van der Waals surface area contributed by atoms with Gasteiger partial charge in [-0.25, -0.2) is 8.78 Å². The third kappa shape index (κ3) is 3.10. The van der Waals surface area contributed by atoms with Gasteiger partial charge in [0.15, 0.2) is 5.78 Å². The van der Waals surface area contributed by atoms with Crippen LogP contribution in [-0.2, 0) is 6.42 Å². The van der Waals surface area contributed by atoms with E-state index < -0.39 is 11.6 Å². The van der Waals surface area contributed by atoms with Crippen molar-refractivity contribution in [3.8, 4) is 0 Å². The van der Waals surface area contributed by atoms with Crippen LogP contribution in [-0.4, -0.2) is 5.78 Å². The monoisotopic (exact) mass is 274 g/mol. The number of hydrogen-bond acceptors (Lipinski definition) is 1. The molecule has 0 atom stereocenters. The number of rotatable bonds is 3. The number of aryl methyl sites for hydroxylation is 3. The first-order valence-electron chi connectivity index (χ1n) is 6.43. The highest BCUT2D eigenvalue weighted by molar-refractivity contribution is 5.98. The van der Waals surface area contributed by atoms with Crippen molar-refractivity contribution < 1.29 is 13.6 Å². The lowest BCUT2D eigenvalue weighted by molar-refractivity contribution is 0.0989. The zero-order chi connectivity index (χ0) is 14.9. The van der Waals surface area contributed by atoms with Crippen LogP contribution in [0.1, 0.15) is 32.6 Å². The smallest absolute Gasteiger partial charge is 0.170 e. The predicted molar refractivity (Wildman–Crippen MR) is 75.0 cm³/mol. The third-order valence-electron chi connectivity index (χ3n) is 3.19. The van der Waals surface area contributed by atoms with Crippen molar-refractivity contribution >= 4 is 5.78 Å². The van der Waals surface area contributed by atoms with E-state index in [2.05, 4.69) is 0 Å². The molecule has 2 rings (SSSR count). The maximum absolute atomic E-state index is 13.7. The van der Waals surface area contributed by atoms with Gasteiger partial charge in [0.05, 0.1) is 5.56 Å². The largest absolute Gasteiger partial charge is 0.294 e. The molecule has 0 amide bonds. The highest BCUT2D eigenvalue weighted by Crippen LogP contribution is 2.17. The zero-order valence-corrected chi connectivity index (χ0v) is 11.8. The van der Waals surface area contributed by atoms with Crippen LogP contribution in [0.25, 0.3) is 0 Å². The van der Waals surface area contributed by atoms with Crippen molar-refractivity contribution in [3.63, 3.8) is 0 Å². The molecule has 1 nitrogen and oxygen atoms in total. The molecule has 0 heterocycles. The van der Waals surface area contributed by atoms with Crippen LogP contribution >= 0.6 is 0 Å². The van der Waals surface area contributed by atoms with Crippen LogP contribution in [0.15, 0.2) is 30.3 Å². The molecule has 0 unspecified atom stereocenters. The first kappa shape index (κ1) is 14.4. The summed E-state index contributed by atoms with van der Waals surface area (Å²) in [5.74, 6) is -1.77. The molecule has 0 aliphatic rings. The van der Waals surface area contributed by atoms with Crippen LogP contribution in [0, 0.1) is 32.4 Å². The van der Waals surface area contributed by atoms with E-state index in [1.54, 1.807) is 0 Å². The summed E-state index contributed by atoms with van der Waals surface area (Å²) >= 11 is 0. The molecule has 2 aromatic rings. The van der Waals surface area contributed by atoms with Crippen molar-refractivity contribution in [2.45, 2.75) is 27.2 Å². The summed E-state index contributed by atoms with van der Waals surface area (Å²) in [7, 11) is 0. The summed E-state index contributed by atoms with van der Waals surface area (Å²) in [5.41, 5.74) is 3.18. The zero-order valence-electron chi connectivity index (χ0n) is 11.8. The second-order valence-electron chi connectivity index (χ2n) is 5.18. The van der Waals surface area contributed by atoms with Gasteiger partial charge in [-0.05, 0) is 38.0 Å². The molecular weight excluding hydrogens is 258 g/mol. The lowest BCUT2D eigenvalue weighted by Crippen LogP contribution is -2.08. The summed E-state index contributed by atoms with van der Waals surface area (Å²) in [5, 5.41) is 0. The number of ketones is 1. The van der Waals surface area contributed by atoms with Gasteiger partial charge in [0.2, 0.25) is 0 Å². The minimum Gasteiger partial charge on any atom is -0.294 e. The quantitative estimate of drug-likeness (QED) is 0.762. The second kappa shape index (κ2) is 5.53. The molecule has 0 N–H and O–H groups in total. The van der Waals surface area contributed by atoms with Gasteiger partial charge in [-0.1, -0.05) is 29.3 Å². The van der Waals surface area contributed by atoms with Crippen LogP contribution in [0.2, 0.25) is 0 Å². The Balaban J connectivity index is 2.30. The summed E-state index contributed by atoms with van der Waals surface area (Å²) in [6.45, 7) is 5.41. The van der Waals surface area contributed by atoms with E-state index in [0.717, 1.165) is 22.8 Å². The fourth-order valence-electron chi connectivity index (χ4n) is 2.32. The van der Waals surface area contributed by atoms with E-state index in [9.17, 15) is 13.6 Å². The Kier molecular flexibility index (Phi) is 3.98. The maximum atomic E-state index is 13.7. The molecule has 0 radical (unpaired) electrons. The van der Waals surface area contributed by atoms with Gasteiger partial charge in [0.1, 0.15) is 11.6 Å². The fourth-order valence-corrected chi connectivity index (χ4v) is 2.32. The molecule has 0 saturated heterocycles. The molecule has 0 saturated carbocycles. The van der Waals surface area contributed by atoms with Gasteiger partial charge in [0, 0.05) is 12.5 Å². The molecular formula is C17H16F2O. The Morgan fingerprint density at radius 1 is 0.900 bits per heavy atom. The first-order chi connectivity index (χ1) is 9.36. The molecule has 0 fully saturated rings. The van der Waals surface area contributed by atoms with Gasteiger partial charge in [-0.3, -0.25) is 4.79 Å². The van der Waals surface area contributed by atoms with Crippen LogP contribution < -0.4 is 0 Å². The lowest BCUT2D eigenvalue weighted by Gasteiger charge is -2.07. The normalized spacial score (nSPS) is 10.7. The average Bonchev–Trinajstić information content (AvgIpc) is 2.32. The molecule has 0 spiro atoms. The van der Waals surface area contributed by atoms with Crippen molar-refractivity contribution in [1.82, 2.24) is 0 Å². The molecule has 0 aliphatic heterocycles. The molecule has 2 aromatic carbocycles. The highest BCUT2D eigenvalue weighted by atomic mass is 19.1. The second-order valence-corrected chi connectivity index (χ2v) is 5.18. The minimum atomic E-state index is -0.803. The lowest BCUT2D eigenvalue weighted by atomic mass is 9.98. The van der Waals surface area contributed by atoms with E-state index in [4.69, 9.17) is 0 Å². The predicted octanol–water partition coefficient (Wildman–Crippen LogP) is 4.32. The topological polar surface area (TPSA) is 17.1 Å². The van der Waals surface area contributed by atoms with Gasteiger partial charge < -0.3 is 0 Å². The Morgan fingerprint density at radius 2 is 1.50 bits per heavy atom. The molecule has 3 heteroatoms. The van der Waals surface area contributed by atoms with Gasteiger partial charge in [-0.2, -0.15) is 0 Å². The van der Waals surface area contributed by atoms with Crippen LogP contribution in [0.4, 0.5) is 8.78 Å². The Morgan fingerprint density at radius 3 is 2.10 bits per heavy atom. The number of benzene rings is 2. The average molecular weight is 274 g/mol. The Hall–Kier alpha value is -2.03. The number of carbonyl (C=O) groups excluding carboxylic acids is 1. The standard InChI is InChI=1S/C17H16F2O/c1-10-4-11(2)6-13(5-10)8-17(20)14-7-12(3)15(18)9-16(14)19/h4-7,9H,8H2,1-3H3.